The largest absolute Gasteiger partial charge is 0.437 e. The lowest BCUT2D eigenvalue weighted by molar-refractivity contribution is 0.0686. The number of oxazole rings is 1. The molecular formula is C15H23N3O3. The van der Waals surface area contributed by atoms with Crippen LogP contribution in [0.5, 0.6) is 0 Å². The van der Waals surface area contributed by atoms with Crippen LogP contribution in [0, 0.1) is 0 Å². The van der Waals surface area contributed by atoms with E-state index >= 15 is 0 Å². The first kappa shape index (κ1) is 14.5. The second-order valence-electron chi connectivity index (χ2n) is 6.10. The molecule has 1 fully saturated rings. The maximum absolute atomic E-state index is 12.4. The number of ether oxygens (including phenoxy) is 1. The predicted molar refractivity (Wildman–Crippen MR) is 77.1 cm³/mol. The van der Waals surface area contributed by atoms with Gasteiger partial charge in [-0.3, -0.25) is 9.69 Å². The van der Waals surface area contributed by atoms with Gasteiger partial charge in [0.2, 0.25) is 0 Å². The Hall–Kier alpha value is -1.40. The Morgan fingerprint density at radius 3 is 2.90 bits per heavy atom. The molecule has 0 aliphatic carbocycles. The first-order valence-corrected chi connectivity index (χ1v) is 7.63. The van der Waals surface area contributed by atoms with Gasteiger partial charge in [-0.1, -0.05) is 0 Å². The van der Waals surface area contributed by atoms with Crippen LogP contribution in [0.15, 0.2) is 4.42 Å². The first-order valence-electron chi connectivity index (χ1n) is 7.63. The van der Waals surface area contributed by atoms with Gasteiger partial charge in [-0.2, -0.15) is 0 Å². The molecule has 1 atom stereocenters. The second-order valence-corrected chi connectivity index (χ2v) is 6.10. The van der Waals surface area contributed by atoms with E-state index in [0.29, 0.717) is 19.1 Å². The van der Waals surface area contributed by atoms with Crippen molar-refractivity contribution in [2.75, 3.05) is 26.7 Å². The van der Waals surface area contributed by atoms with Crippen LogP contribution in [0.1, 0.15) is 42.4 Å². The van der Waals surface area contributed by atoms with Gasteiger partial charge in [0.1, 0.15) is 5.76 Å². The fraction of sp³-hybridized carbons (Fsp3) is 0.733. The van der Waals surface area contributed by atoms with E-state index in [1.54, 1.807) is 12.0 Å². The highest BCUT2D eigenvalue weighted by atomic mass is 16.5. The molecule has 1 aromatic heterocycles. The Morgan fingerprint density at radius 2 is 2.24 bits per heavy atom. The molecule has 1 saturated heterocycles. The Morgan fingerprint density at radius 1 is 1.43 bits per heavy atom. The van der Waals surface area contributed by atoms with E-state index in [0.717, 1.165) is 37.4 Å². The summed E-state index contributed by atoms with van der Waals surface area (Å²) >= 11 is 0. The molecule has 0 radical (unpaired) electrons. The third-order valence-electron chi connectivity index (χ3n) is 4.44. The summed E-state index contributed by atoms with van der Waals surface area (Å²) in [6.07, 6.45) is 1.84. The second kappa shape index (κ2) is 5.77. The van der Waals surface area contributed by atoms with Crippen LogP contribution in [-0.2, 0) is 17.7 Å². The van der Waals surface area contributed by atoms with Crippen LogP contribution in [0.2, 0.25) is 0 Å². The molecule has 2 aliphatic heterocycles. The first-order chi connectivity index (χ1) is 10.1. The Labute approximate surface area is 125 Å². The minimum atomic E-state index is -0.111. The number of amides is 1. The molecule has 0 saturated carbocycles. The summed E-state index contributed by atoms with van der Waals surface area (Å²) in [6.45, 7) is 7.41. The predicted octanol–water partition coefficient (Wildman–Crippen LogP) is 1.30. The molecule has 3 heterocycles. The van der Waals surface area contributed by atoms with Gasteiger partial charge in [0.15, 0.2) is 0 Å². The number of methoxy groups -OCH3 is 1. The smallest absolute Gasteiger partial charge is 0.309 e. The van der Waals surface area contributed by atoms with Crippen LogP contribution >= 0.6 is 0 Å². The average molecular weight is 293 g/mol. The highest BCUT2D eigenvalue weighted by molar-refractivity contribution is 5.90. The molecule has 2 aliphatic rings. The molecule has 0 bridgehead atoms. The lowest BCUT2D eigenvalue weighted by Gasteiger charge is -2.28. The fourth-order valence-electron chi connectivity index (χ4n) is 2.99. The molecule has 6 heteroatoms. The van der Waals surface area contributed by atoms with Gasteiger partial charge in [0.25, 0.3) is 5.89 Å². The number of rotatable bonds is 3. The van der Waals surface area contributed by atoms with Crippen molar-refractivity contribution < 1.29 is 13.9 Å². The zero-order valence-corrected chi connectivity index (χ0v) is 13.0. The molecular weight excluding hydrogens is 270 g/mol. The van der Waals surface area contributed by atoms with E-state index in [9.17, 15) is 4.79 Å². The average Bonchev–Trinajstić information content (AvgIpc) is 3.11. The van der Waals surface area contributed by atoms with Crippen molar-refractivity contribution in [2.45, 2.75) is 45.4 Å². The van der Waals surface area contributed by atoms with Gasteiger partial charge >= 0.3 is 5.91 Å². The third kappa shape index (κ3) is 2.82. The summed E-state index contributed by atoms with van der Waals surface area (Å²) in [6, 6.07) is 0.482. The number of likely N-dealkylation sites (tertiary alicyclic amines) is 1. The number of aromatic nitrogens is 1. The fourth-order valence-corrected chi connectivity index (χ4v) is 2.99. The van der Waals surface area contributed by atoms with Crippen molar-refractivity contribution in [1.29, 1.82) is 0 Å². The number of fused-ring (bicyclic) bond motifs is 1. The Kier molecular flexibility index (Phi) is 3.99. The summed E-state index contributed by atoms with van der Waals surface area (Å²) in [5, 5.41) is 0. The van der Waals surface area contributed by atoms with Gasteiger partial charge in [-0.25, -0.2) is 4.98 Å². The molecule has 0 spiro atoms. The minimum absolute atomic E-state index is 0.111. The SMILES string of the molecule is CO[C@H]1CCN(C(=O)c2nc3c(o2)CCN(C(C)C)C3)C1. The number of hydrogen-bond donors (Lipinski definition) is 0. The number of carbonyl (C=O) groups excluding carboxylic acids is 1. The Bertz CT molecular complexity index is 526. The molecule has 0 aromatic carbocycles. The van der Waals surface area contributed by atoms with Crippen molar-refractivity contribution >= 4 is 5.91 Å². The minimum Gasteiger partial charge on any atom is -0.437 e. The van der Waals surface area contributed by atoms with E-state index in [2.05, 4.69) is 23.7 Å². The molecule has 1 aromatic rings. The molecule has 21 heavy (non-hydrogen) atoms. The molecule has 1 amide bonds. The number of carbonyl (C=O) groups is 1. The zero-order chi connectivity index (χ0) is 15.0. The van der Waals surface area contributed by atoms with Gasteiger partial charge in [0.05, 0.1) is 11.8 Å². The maximum atomic E-state index is 12.4. The standard InChI is InChI=1S/C15H23N3O3/c1-10(2)17-7-5-13-12(9-17)16-14(21-13)15(19)18-6-4-11(8-18)20-3/h10-11H,4-9H2,1-3H3/t11-/m0/s1. The quantitative estimate of drug-likeness (QED) is 0.841. The number of hydrogen-bond acceptors (Lipinski definition) is 5. The van der Waals surface area contributed by atoms with Gasteiger partial charge in [0, 0.05) is 45.8 Å². The van der Waals surface area contributed by atoms with Gasteiger partial charge in [-0.15, -0.1) is 0 Å². The van der Waals surface area contributed by atoms with E-state index in [4.69, 9.17) is 9.15 Å². The summed E-state index contributed by atoms with van der Waals surface area (Å²) in [4.78, 5) is 21.0. The normalized spacial score (nSPS) is 22.9. The van der Waals surface area contributed by atoms with Gasteiger partial charge < -0.3 is 14.1 Å². The van der Waals surface area contributed by atoms with Crippen LogP contribution in [0.4, 0.5) is 0 Å². The molecule has 3 rings (SSSR count). The summed E-state index contributed by atoms with van der Waals surface area (Å²) < 4.78 is 11.0. The summed E-state index contributed by atoms with van der Waals surface area (Å²) in [5.74, 6) is 1.00. The Balaban J connectivity index is 1.72. The van der Waals surface area contributed by atoms with E-state index < -0.39 is 0 Å². The highest BCUT2D eigenvalue weighted by Gasteiger charge is 2.31. The summed E-state index contributed by atoms with van der Waals surface area (Å²) in [5.41, 5.74) is 0.917. The topological polar surface area (TPSA) is 58.8 Å². The van der Waals surface area contributed by atoms with Crippen molar-refractivity contribution in [3.8, 4) is 0 Å². The molecule has 0 N–H and O–H groups in total. The van der Waals surface area contributed by atoms with Crippen LogP contribution in [-0.4, -0.2) is 59.6 Å². The van der Waals surface area contributed by atoms with Crippen molar-refractivity contribution in [1.82, 2.24) is 14.8 Å². The van der Waals surface area contributed by atoms with E-state index in [1.807, 2.05) is 0 Å². The maximum Gasteiger partial charge on any atom is 0.309 e. The van der Waals surface area contributed by atoms with E-state index in [-0.39, 0.29) is 17.9 Å². The van der Waals surface area contributed by atoms with E-state index in [1.165, 1.54) is 0 Å². The number of nitrogens with zero attached hydrogens (tertiary/aromatic N) is 3. The lowest BCUT2D eigenvalue weighted by Crippen LogP contribution is -2.35. The zero-order valence-electron chi connectivity index (χ0n) is 13.0. The molecule has 0 unspecified atom stereocenters. The highest BCUT2D eigenvalue weighted by Crippen LogP contribution is 2.23. The van der Waals surface area contributed by atoms with Crippen molar-refractivity contribution in [2.24, 2.45) is 0 Å². The van der Waals surface area contributed by atoms with Crippen molar-refractivity contribution in [3.05, 3.63) is 17.3 Å². The molecule has 116 valence electrons. The van der Waals surface area contributed by atoms with Crippen LogP contribution < -0.4 is 0 Å². The monoisotopic (exact) mass is 293 g/mol. The van der Waals surface area contributed by atoms with Crippen LogP contribution in [0.25, 0.3) is 0 Å². The molecule has 6 nitrogen and oxygen atoms in total. The van der Waals surface area contributed by atoms with Crippen LogP contribution in [0.3, 0.4) is 0 Å². The summed E-state index contributed by atoms with van der Waals surface area (Å²) in [7, 11) is 1.68. The van der Waals surface area contributed by atoms with Crippen molar-refractivity contribution in [3.63, 3.8) is 0 Å². The third-order valence-corrected chi connectivity index (χ3v) is 4.44. The lowest BCUT2D eigenvalue weighted by atomic mass is 10.1. The van der Waals surface area contributed by atoms with Gasteiger partial charge in [-0.05, 0) is 20.3 Å².